The van der Waals surface area contributed by atoms with Crippen LogP contribution in [0.5, 0.6) is 11.5 Å². The molecule has 0 radical (unpaired) electrons. The summed E-state index contributed by atoms with van der Waals surface area (Å²) in [7, 11) is 0. The van der Waals surface area contributed by atoms with Crippen molar-refractivity contribution in [3.8, 4) is 11.5 Å². The lowest BCUT2D eigenvalue weighted by molar-refractivity contribution is 0.0973. The third-order valence-electron chi connectivity index (χ3n) is 11.9. The fourth-order valence-electron chi connectivity index (χ4n) is 8.15. The van der Waals surface area contributed by atoms with Gasteiger partial charge in [0.2, 0.25) is 11.6 Å². The van der Waals surface area contributed by atoms with Crippen molar-refractivity contribution in [3.05, 3.63) is 70.3 Å². The maximum Gasteiger partial charge on any atom is 0.200 e. The molecule has 0 amide bonds. The van der Waals surface area contributed by atoms with Gasteiger partial charge in [-0.25, -0.2) is 8.78 Å². The predicted octanol–water partition coefficient (Wildman–Crippen LogP) is 10.9. The number of carbonyl (C=O) groups excluding carboxylic acids is 2. The quantitative estimate of drug-likeness (QED) is 0.0164. The Balaban J connectivity index is 1.73. The number of allylic oxidation sites excluding steroid dienone is 2. The van der Waals surface area contributed by atoms with Crippen LogP contribution >= 0.6 is 0 Å². The van der Waals surface area contributed by atoms with Gasteiger partial charge in [0.15, 0.2) is 11.6 Å². The molecule has 2 aromatic carbocycles. The standard InChI is InChI=1S/C50H76F2N2O8/c1-3-5-7-9-11-13-15-17-19-21-23-25-27-29-37(57)35(33-55)53-47-43-44(50(62)42-40(60)32-31-39(59)41(42)49(43)61)48(46(52)45(47)51)54-36(34-56)38(58)30-28-26-24-22-20-18-16-14-12-10-8-6-4-2/h27-32,35-38,53-60H,3-26,33-34H2,1-2H3/b29-27+,30-28+. The number of aliphatic hydroxyl groups excluding tert-OH is 4. The Morgan fingerprint density at radius 2 is 0.790 bits per heavy atom. The van der Waals surface area contributed by atoms with E-state index in [1.807, 2.05) is 0 Å². The van der Waals surface area contributed by atoms with Crippen LogP contribution in [0.25, 0.3) is 0 Å². The Morgan fingerprint density at radius 1 is 0.500 bits per heavy atom. The highest BCUT2D eigenvalue weighted by Crippen LogP contribution is 2.45. The summed E-state index contributed by atoms with van der Waals surface area (Å²) in [6.45, 7) is 2.86. The molecule has 0 aliphatic heterocycles. The summed E-state index contributed by atoms with van der Waals surface area (Å²) in [5, 5.41) is 69.0. The van der Waals surface area contributed by atoms with Crippen LogP contribution in [0.4, 0.5) is 20.2 Å². The topological polar surface area (TPSA) is 180 Å². The maximum absolute atomic E-state index is 16.3. The van der Waals surface area contributed by atoms with E-state index in [1.54, 1.807) is 12.2 Å². The number of ketones is 2. The van der Waals surface area contributed by atoms with Crippen molar-refractivity contribution >= 4 is 22.9 Å². The molecule has 0 heterocycles. The molecule has 1 aliphatic rings. The number of carbonyl (C=O) groups is 2. The molecule has 8 N–H and O–H groups in total. The highest BCUT2D eigenvalue weighted by Gasteiger charge is 2.42. The van der Waals surface area contributed by atoms with Gasteiger partial charge in [-0.1, -0.05) is 167 Å². The number of nitrogens with one attached hydrogen (secondary N) is 2. The number of fused-ring (bicyclic) bond motifs is 2. The van der Waals surface area contributed by atoms with Gasteiger partial charge in [0.25, 0.3) is 0 Å². The van der Waals surface area contributed by atoms with Crippen LogP contribution in [0, 0.1) is 11.6 Å². The molecular weight excluding hydrogens is 795 g/mol. The Kier molecular flexibility index (Phi) is 25.0. The fourth-order valence-corrected chi connectivity index (χ4v) is 8.15. The molecule has 3 rings (SSSR count). The van der Waals surface area contributed by atoms with Gasteiger partial charge in [0.05, 0.1) is 71.1 Å². The molecule has 1 aliphatic carbocycles. The van der Waals surface area contributed by atoms with Gasteiger partial charge in [-0.05, 0) is 37.8 Å². The molecule has 12 heteroatoms. The van der Waals surface area contributed by atoms with Crippen molar-refractivity contribution in [1.82, 2.24) is 0 Å². The van der Waals surface area contributed by atoms with E-state index in [-0.39, 0.29) is 0 Å². The number of aromatic hydroxyl groups is 2. The minimum Gasteiger partial charge on any atom is -0.507 e. The summed E-state index contributed by atoms with van der Waals surface area (Å²) in [6, 6.07) is -0.754. The first-order valence-corrected chi connectivity index (χ1v) is 23.7. The first kappa shape index (κ1) is 52.5. The Hall–Kier alpha value is -3.84. The number of aliphatic hydroxyl groups is 4. The minimum absolute atomic E-state index is 0.639. The maximum atomic E-state index is 16.3. The van der Waals surface area contributed by atoms with Crippen LogP contribution in [0.3, 0.4) is 0 Å². The first-order chi connectivity index (χ1) is 30.0. The van der Waals surface area contributed by atoms with Gasteiger partial charge in [0, 0.05) is 0 Å². The van der Waals surface area contributed by atoms with Gasteiger partial charge in [-0.3, -0.25) is 9.59 Å². The number of benzene rings is 2. The van der Waals surface area contributed by atoms with Gasteiger partial charge in [-0.2, -0.15) is 0 Å². The number of halogens is 2. The summed E-state index contributed by atoms with van der Waals surface area (Å²) in [6.07, 6.45) is 30.8. The number of rotatable bonds is 34. The van der Waals surface area contributed by atoms with Crippen molar-refractivity contribution in [2.75, 3.05) is 23.8 Å². The molecule has 10 nitrogen and oxygen atoms in total. The number of anilines is 2. The Morgan fingerprint density at radius 3 is 1.08 bits per heavy atom. The molecule has 0 saturated carbocycles. The second-order valence-electron chi connectivity index (χ2n) is 17.0. The molecule has 4 atom stereocenters. The lowest BCUT2D eigenvalue weighted by Crippen LogP contribution is -2.39. The largest absolute Gasteiger partial charge is 0.507 e. The summed E-state index contributed by atoms with van der Waals surface area (Å²) in [5.74, 6) is -6.96. The van der Waals surface area contributed by atoms with Crippen LogP contribution in [-0.4, -0.2) is 79.7 Å². The predicted molar refractivity (Wildman–Crippen MR) is 244 cm³/mol. The van der Waals surface area contributed by atoms with E-state index in [2.05, 4.69) is 24.5 Å². The second kappa shape index (κ2) is 29.5. The lowest BCUT2D eigenvalue weighted by atomic mass is 9.80. The van der Waals surface area contributed by atoms with Crippen molar-refractivity contribution in [3.63, 3.8) is 0 Å². The van der Waals surface area contributed by atoms with E-state index in [4.69, 9.17) is 0 Å². The summed E-state index contributed by atoms with van der Waals surface area (Å²) >= 11 is 0. The van der Waals surface area contributed by atoms with E-state index in [0.29, 0.717) is 12.8 Å². The molecule has 0 aromatic heterocycles. The fraction of sp³-hybridized carbons (Fsp3) is 0.640. The van der Waals surface area contributed by atoms with Gasteiger partial charge in [-0.15, -0.1) is 0 Å². The van der Waals surface area contributed by atoms with Crippen LogP contribution < -0.4 is 10.6 Å². The van der Waals surface area contributed by atoms with E-state index in [1.165, 1.54) is 102 Å². The lowest BCUT2D eigenvalue weighted by Gasteiger charge is -2.30. The highest BCUT2D eigenvalue weighted by molar-refractivity contribution is 6.33. The van der Waals surface area contributed by atoms with Crippen LogP contribution in [0.1, 0.15) is 200 Å². The molecule has 0 spiro atoms. The van der Waals surface area contributed by atoms with Gasteiger partial charge in [0.1, 0.15) is 11.5 Å². The van der Waals surface area contributed by atoms with E-state index >= 15 is 8.78 Å². The number of unbranched alkanes of at least 4 members (excludes halogenated alkanes) is 22. The van der Waals surface area contributed by atoms with Gasteiger partial charge < -0.3 is 41.3 Å². The Labute approximate surface area is 368 Å². The van der Waals surface area contributed by atoms with Crippen molar-refractivity contribution in [2.24, 2.45) is 0 Å². The van der Waals surface area contributed by atoms with E-state index < -0.39 is 106 Å². The highest BCUT2D eigenvalue weighted by atomic mass is 19.2. The molecular formula is C50H76F2N2O8. The number of hydrogen-bond donors (Lipinski definition) is 8. The van der Waals surface area contributed by atoms with E-state index in [9.17, 15) is 40.2 Å². The molecule has 0 bridgehead atoms. The minimum atomic E-state index is -1.65. The molecule has 62 heavy (non-hydrogen) atoms. The summed E-state index contributed by atoms with van der Waals surface area (Å²) in [4.78, 5) is 28.2. The van der Waals surface area contributed by atoms with Gasteiger partial charge >= 0.3 is 0 Å². The molecule has 4 unspecified atom stereocenters. The first-order valence-electron chi connectivity index (χ1n) is 23.7. The Bertz CT molecular complexity index is 1590. The molecule has 348 valence electrons. The summed E-state index contributed by atoms with van der Waals surface area (Å²) in [5.41, 5.74) is -4.42. The average Bonchev–Trinajstić information content (AvgIpc) is 3.26. The molecule has 0 fully saturated rings. The third-order valence-corrected chi connectivity index (χ3v) is 11.9. The van der Waals surface area contributed by atoms with Crippen molar-refractivity contribution in [2.45, 2.75) is 192 Å². The monoisotopic (exact) mass is 871 g/mol. The van der Waals surface area contributed by atoms with Crippen molar-refractivity contribution in [1.29, 1.82) is 0 Å². The molecule has 2 aromatic rings. The SMILES string of the molecule is CCCCCCCCCCCCC/C=C/C(O)C(CO)Nc1c(F)c(F)c(NC(CO)C(O)/C=C/CCCCCCCCCCCCC)c2c1C(=O)c1c(O)ccc(O)c1C2=O. The van der Waals surface area contributed by atoms with Crippen LogP contribution in [0.2, 0.25) is 0 Å². The zero-order valence-electron chi connectivity index (χ0n) is 37.4. The average molecular weight is 871 g/mol. The number of hydrogen-bond acceptors (Lipinski definition) is 10. The van der Waals surface area contributed by atoms with Crippen molar-refractivity contribution < 1.29 is 49.0 Å². The third kappa shape index (κ3) is 16.1. The zero-order chi connectivity index (χ0) is 45.3. The van der Waals surface area contributed by atoms with Crippen LogP contribution in [0.15, 0.2) is 36.4 Å². The normalized spacial score (nSPS) is 14.6. The smallest absolute Gasteiger partial charge is 0.200 e. The number of phenols is 2. The number of phenolic OH excluding ortho intramolecular Hbond substituents is 2. The zero-order valence-corrected chi connectivity index (χ0v) is 37.4. The van der Waals surface area contributed by atoms with Crippen LogP contribution in [-0.2, 0) is 0 Å². The summed E-state index contributed by atoms with van der Waals surface area (Å²) < 4.78 is 32.6. The second-order valence-corrected chi connectivity index (χ2v) is 17.0. The molecule has 0 saturated heterocycles. The van der Waals surface area contributed by atoms with E-state index in [0.717, 1.165) is 63.5 Å².